The molecule has 0 spiro atoms. The highest BCUT2D eigenvalue weighted by molar-refractivity contribution is 7.22. The van der Waals surface area contributed by atoms with Crippen LogP contribution in [0.15, 0.2) is 83.9 Å². The standard InChI is InChI=1S/C28H25N5O2S/c34-25(20-7-2-1-3-8-20)33-26(35)23-10-6-18-32(23)28(33)30-21-14-12-19(13-15-21)16-17-29-27-31-22-9-4-5-11-24(22)36-27/h1-5,7-9,11-15,23H,6,10,16-18H2,(H,29,31)/t23-/m0/s1. The van der Waals surface area contributed by atoms with Crippen LogP contribution in [0.5, 0.6) is 0 Å². The monoisotopic (exact) mass is 495 g/mol. The average molecular weight is 496 g/mol. The van der Waals surface area contributed by atoms with Gasteiger partial charge >= 0.3 is 0 Å². The molecule has 0 saturated carbocycles. The summed E-state index contributed by atoms with van der Waals surface area (Å²) in [6.07, 6.45) is 2.51. The summed E-state index contributed by atoms with van der Waals surface area (Å²) in [7, 11) is 0. The Bertz CT molecular complexity index is 1410. The number of amides is 2. The van der Waals surface area contributed by atoms with Crippen molar-refractivity contribution in [2.24, 2.45) is 4.99 Å². The van der Waals surface area contributed by atoms with Crippen LogP contribution in [0.3, 0.4) is 0 Å². The highest BCUT2D eigenvalue weighted by Gasteiger charge is 2.48. The third-order valence-electron chi connectivity index (χ3n) is 6.59. The Morgan fingerprint density at radius 1 is 1.03 bits per heavy atom. The van der Waals surface area contributed by atoms with Crippen molar-refractivity contribution in [3.8, 4) is 0 Å². The molecular weight excluding hydrogens is 470 g/mol. The number of nitrogens with zero attached hydrogens (tertiary/aromatic N) is 4. The minimum Gasteiger partial charge on any atom is -0.361 e. The summed E-state index contributed by atoms with van der Waals surface area (Å²) in [5, 5.41) is 4.34. The molecule has 2 aliphatic rings. The van der Waals surface area contributed by atoms with E-state index >= 15 is 0 Å². The number of carbonyl (C=O) groups is 2. The zero-order chi connectivity index (χ0) is 24.5. The number of benzene rings is 3. The van der Waals surface area contributed by atoms with E-state index < -0.39 is 0 Å². The maximum atomic E-state index is 13.2. The van der Waals surface area contributed by atoms with Gasteiger partial charge in [-0.25, -0.2) is 14.9 Å². The van der Waals surface area contributed by atoms with Crippen LogP contribution in [-0.4, -0.2) is 51.7 Å². The molecule has 36 heavy (non-hydrogen) atoms. The summed E-state index contributed by atoms with van der Waals surface area (Å²) in [6, 6.07) is 24.7. The van der Waals surface area contributed by atoms with E-state index in [0.29, 0.717) is 11.5 Å². The van der Waals surface area contributed by atoms with Crippen molar-refractivity contribution in [1.82, 2.24) is 14.8 Å². The van der Waals surface area contributed by atoms with Gasteiger partial charge in [-0.1, -0.05) is 53.8 Å². The normalized spacial score (nSPS) is 18.3. The van der Waals surface area contributed by atoms with E-state index in [2.05, 4.69) is 16.4 Å². The summed E-state index contributed by atoms with van der Waals surface area (Å²) >= 11 is 1.66. The summed E-state index contributed by atoms with van der Waals surface area (Å²) < 4.78 is 1.17. The van der Waals surface area contributed by atoms with Gasteiger partial charge in [-0.2, -0.15) is 0 Å². The van der Waals surface area contributed by atoms with Crippen LogP contribution in [0.25, 0.3) is 10.2 Å². The molecule has 1 atom stereocenters. The molecule has 4 aromatic rings. The van der Waals surface area contributed by atoms with E-state index in [0.717, 1.165) is 48.7 Å². The number of anilines is 1. The summed E-state index contributed by atoms with van der Waals surface area (Å²) in [5.41, 5.74) is 3.39. The fourth-order valence-corrected chi connectivity index (χ4v) is 5.66. The predicted molar refractivity (Wildman–Crippen MR) is 143 cm³/mol. The number of para-hydroxylation sites is 1. The largest absolute Gasteiger partial charge is 0.361 e. The Kier molecular flexibility index (Phi) is 5.95. The summed E-state index contributed by atoms with van der Waals surface area (Å²) in [4.78, 5) is 39.0. The topological polar surface area (TPSA) is 77.9 Å². The van der Waals surface area contributed by atoms with Gasteiger partial charge in [-0.15, -0.1) is 0 Å². The molecule has 0 unspecified atom stereocenters. The molecule has 2 fully saturated rings. The first kappa shape index (κ1) is 22.4. The van der Waals surface area contributed by atoms with Gasteiger partial charge in [0.25, 0.3) is 11.8 Å². The van der Waals surface area contributed by atoms with Gasteiger partial charge in [-0.05, 0) is 61.2 Å². The average Bonchev–Trinajstić information content (AvgIpc) is 3.61. The molecule has 0 bridgehead atoms. The minimum absolute atomic E-state index is 0.183. The first-order chi connectivity index (χ1) is 17.7. The predicted octanol–water partition coefficient (Wildman–Crippen LogP) is 5.09. The Labute approximate surface area is 213 Å². The number of rotatable bonds is 6. The molecule has 0 aliphatic carbocycles. The van der Waals surface area contributed by atoms with Gasteiger partial charge in [-0.3, -0.25) is 9.59 Å². The van der Waals surface area contributed by atoms with E-state index in [1.165, 1.54) is 15.2 Å². The van der Waals surface area contributed by atoms with Crippen molar-refractivity contribution in [3.05, 3.63) is 90.0 Å². The molecule has 2 amide bonds. The Morgan fingerprint density at radius 3 is 2.61 bits per heavy atom. The number of aromatic nitrogens is 1. The van der Waals surface area contributed by atoms with E-state index in [4.69, 9.17) is 4.99 Å². The lowest BCUT2D eigenvalue weighted by Crippen LogP contribution is -2.39. The fraction of sp³-hybridized carbons (Fsp3) is 0.214. The van der Waals surface area contributed by atoms with E-state index in [9.17, 15) is 9.59 Å². The zero-order valence-corrected chi connectivity index (χ0v) is 20.4. The van der Waals surface area contributed by atoms with E-state index in [1.54, 1.807) is 35.6 Å². The maximum absolute atomic E-state index is 13.2. The van der Waals surface area contributed by atoms with Crippen LogP contribution in [0.4, 0.5) is 10.8 Å². The smallest absolute Gasteiger partial charge is 0.267 e. The van der Waals surface area contributed by atoms with Crippen LogP contribution in [0.2, 0.25) is 0 Å². The molecule has 3 aromatic carbocycles. The van der Waals surface area contributed by atoms with Crippen LogP contribution >= 0.6 is 11.3 Å². The van der Waals surface area contributed by atoms with Crippen molar-refractivity contribution in [2.75, 3.05) is 18.4 Å². The second-order valence-corrected chi connectivity index (χ2v) is 9.97. The molecule has 2 aliphatic heterocycles. The van der Waals surface area contributed by atoms with Crippen LogP contribution < -0.4 is 5.32 Å². The second-order valence-electron chi connectivity index (χ2n) is 8.94. The zero-order valence-electron chi connectivity index (χ0n) is 19.6. The first-order valence-electron chi connectivity index (χ1n) is 12.1. The second kappa shape index (κ2) is 9.54. The quantitative estimate of drug-likeness (QED) is 0.377. The number of thiazole rings is 1. The van der Waals surface area contributed by atoms with Crippen LogP contribution in [0, 0.1) is 0 Å². The van der Waals surface area contributed by atoms with Crippen molar-refractivity contribution in [2.45, 2.75) is 25.3 Å². The van der Waals surface area contributed by atoms with E-state index in [-0.39, 0.29) is 17.9 Å². The third-order valence-corrected chi connectivity index (χ3v) is 7.58. The Balaban J connectivity index is 1.17. The van der Waals surface area contributed by atoms with Gasteiger partial charge in [0.1, 0.15) is 6.04 Å². The van der Waals surface area contributed by atoms with Gasteiger partial charge in [0.05, 0.1) is 15.9 Å². The summed E-state index contributed by atoms with van der Waals surface area (Å²) in [6.45, 7) is 1.50. The molecule has 7 nitrogen and oxygen atoms in total. The third kappa shape index (κ3) is 4.24. The lowest BCUT2D eigenvalue weighted by Gasteiger charge is -2.19. The van der Waals surface area contributed by atoms with Gasteiger partial charge < -0.3 is 10.2 Å². The van der Waals surface area contributed by atoms with Crippen LogP contribution in [-0.2, 0) is 11.2 Å². The number of nitrogens with one attached hydrogen (secondary N) is 1. The van der Waals surface area contributed by atoms with Gasteiger partial charge in [0, 0.05) is 18.7 Å². The van der Waals surface area contributed by atoms with Crippen molar-refractivity contribution in [1.29, 1.82) is 0 Å². The molecule has 3 heterocycles. The van der Waals surface area contributed by atoms with Gasteiger partial charge in [0.2, 0.25) is 5.96 Å². The molecule has 6 rings (SSSR count). The number of aliphatic imine (C=N–C) groups is 1. The van der Waals surface area contributed by atoms with Gasteiger partial charge in [0.15, 0.2) is 5.13 Å². The molecule has 0 radical (unpaired) electrons. The SMILES string of the molecule is O=C(c1ccccc1)N1C(=O)[C@@H]2CCCN2C1=Nc1ccc(CCNc2nc3ccccc3s2)cc1. The summed E-state index contributed by atoms with van der Waals surface area (Å²) in [5.74, 6) is -0.0782. The molecular formula is C28H25N5O2S. The molecule has 1 N–H and O–H groups in total. The maximum Gasteiger partial charge on any atom is 0.267 e. The fourth-order valence-electron chi connectivity index (χ4n) is 4.77. The number of fused-ring (bicyclic) bond motifs is 2. The van der Waals surface area contributed by atoms with Crippen LogP contribution in [0.1, 0.15) is 28.8 Å². The first-order valence-corrected chi connectivity index (χ1v) is 13.0. The lowest BCUT2D eigenvalue weighted by molar-refractivity contribution is -0.126. The van der Waals surface area contributed by atoms with Crippen molar-refractivity contribution in [3.63, 3.8) is 0 Å². The van der Waals surface area contributed by atoms with E-state index in [1.807, 2.05) is 53.4 Å². The number of hydrogen-bond donors (Lipinski definition) is 1. The number of carbonyl (C=O) groups excluding carboxylic acids is 2. The highest BCUT2D eigenvalue weighted by atomic mass is 32.1. The molecule has 2 saturated heterocycles. The van der Waals surface area contributed by atoms with Crippen molar-refractivity contribution < 1.29 is 9.59 Å². The number of hydrogen-bond acceptors (Lipinski definition) is 6. The molecule has 1 aromatic heterocycles. The Morgan fingerprint density at radius 2 is 1.81 bits per heavy atom. The number of imide groups is 1. The van der Waals surface area contributed by atoms with Crippen molar-refractivity contribution >= 4 is 50.1 Å². The minimum atomic E-state index is -0.328. The highest BCUT2D eigenvalue weighted by Crippen LogP contribution is 2.31. The Hall–Kier alpha value is -4.04. The molecule has 180 valence electrons. The molecule has 8 heteroatoms. The number of guanidine groups is 1. The lowest BCUT2D eigenvalue weighted by atomic mass is 10.1.